The molecule has 9 nitrogen and oxygen atoms in total. The summed E-state index contributed by atoms with van der Waals surface area (Å²) in [4.78, 5) is 43.9. The Morgan fingerprint density at radius 2 is 1.51 bits per heavy atom. The Bertz CT molecular complexity index is 1790. The first-order valence-corrected chi connectivity index (χ1v) is 17.3. The van der Waals surface area contributed by atoms with Crippen molar-refractivity contribution in [1.29, 1.82) is 0 Å². The molecule has 0 aliphatic rings. The highest BCUT2D eigenvalue weighted by Gasteiger charge is 2.21. The highest BCUT2D eigenvalue weighted by molar-refractivity contribution is 6.46. The summed E-state index contributed by atoms with van der Waals surface area (Å²) in [6.45, 7) is 10.8. The van der Waals surface area contributed by atoms with Crippen LogP contribution in [0, 0.1) is 5.92 Å². The summed E-state index contributed by atoms with van der Waals surface area (Å²) in [6, 6.07) is 17.9. The first-order valence-electron chi connectivity index (χ1n) is 17.3. The average Bonchev–Trinajstić information content (AvgIpc) is 3.41. The van der Waals surface area contributed by atoms with E-state index in [-0.39, 0.29) is 23.9 Å². The Labute approximate surface area is 288 Å². The van der Waals surface area contributed by atoms with Gasteiger partial charge < -0.3 is 24.0 Å². The lowest BCUT2D eigenvalue weighted by Gasteiger charge is -2.17. The summed E-state index contributed by atoms with van der Waals surface area (Å²) in [5.41, 5.74) is 3.58. The summed E-state index contributed by atoms with van der Waals surface area (Å²) in [7, 11) is 0. The average molecular weight is 669 g/mol. The van der Waals surface area contributed by atoms with Gasteiger partial charge in [-0.1, -0.05) is 64.1 Å². The lowest BCUT2D eigenvalue weighted by molar-refractivity contribution is -0.210. The molecule has 1 N–H and O–H groups in total. The maximum Gasteiger partial charge on any atom is 0.331 e. The molecule has 49 heavy (non-hydrogen) atoms. The molecular weight excluding hydrogens is 620 g/mol. The van der Waals surface area contributed by atoms with Crippen molar-refractivity contribution < 1.29 is 33.8 Å². The number of fused-ring (bicyclic) bond motifs is 3. The van der Waals surface area contributed by atoms with Gasteiger partial charge in [0.05, 0.1) is 6.61 Å². The highest BCUT2D eigenvalue weighted by Crippen LogP contribution is 2.33. The molecule has 3 aromatic carbocycles. The van der Waals surface area contributed by atoms with Gasteiger partial charge in [-0.15, -0.1) is 6.58 Å². The number of nitrogens with zero attached hydrogens (tertiary/aromatic N) is 2. The number of hydrogen-bond acceptors (Lipinski definition) is 8. The van der Waals surface area contributed by atoms with E-state index in [4.69, 9.17) is 14.3 Å². The Morgan fingerprint density at radius 1 is 0.878 bits per heavy atom. The lowest BCUT2D eigenvalue weighted by atomic mass is 9.98. The summed E-state index contributed by atoms with van der Waals surface area (Å²) in [5.74, 6) is -0.218. The van der Waals surface area contributed by atoms with Crippen LogP contribution in [0.15, 0.2) is 78.5 Å². The predicted molar refractivity (Wildman–Crippen MR) is 193 cm³/mol. The number of aromatic nitrogens is 1. The van der Waals surface area contributed by atoms with Crippen molar-refractivity contribution in [3.05, 3.63) is 90.0 Å². The fraction of sp³-hybridized carbons (Fsp3) is 0.400. The molecule has 1 heterocycles. The van der Waals surface area contributed by atoms with E-state index in [1.54, 1.807) is 24.3 Å². The van der Waals surface area contributed by atoms with E-state index >= 15 is 0 Å². The maximum atomic E-state index is 13.8. The molecule has 2 unspecified atom stereocenters. The zero-order valence-corrected chi connectivity index (χ0v) is 29.1. The number of carbonyl (C=O) groups is 3. The van der Waals surface area contributed by atoms with Crippen molar-refractivity contribution in [3.8, 4) is 5.75 Å². The van der Waals surface area contributed by atoms with Gasteiger partial charge in [0.1, 0.15) is 11.5 Å². The first-order chi connectivity index (χ1) is 23.7. The van der Waals surface area contributed by atoms with Gasteiger partial charge in [-0.2, -0.15) is 0 Å². The molecule has 260 valence electrons. The molecule has 2 atom stereocenters. The Morgan fingerprint density at radius 3 is 2.12 bits per heavy atom. The third-order valence-corrected chi connectivity index (χ3v) is 8.65. The number of hydrogen-bond donors (Lipinski definition) is 1. The van der Waals surface area contributed by atoms with Crippen LogP contribution in [-0.2, 0) is 20.9 Å². The Hall–Kier alpha value is -4.60. The van der Waals surface area contributed by atoms with E-state index < -0.39 is 12.4 Å². The summed E-state index contributed by atoms with van der Waals surface area (Å²) < 4.78 is 12.7. The molecule has 0 radical (unpaired) electrons. The van der Waals surface area contributed by atoms with Gasteiger partial charge in [-0.25, -0.2) is 4.79 Å². The second kappa shape index (κ2) is 18.2. The van der Waals surface area contributed by atoms with Crippen LogP contribution < -0.4 is 4.74 Å². The molecule has 0 spiro atoms. The molecule has 0 aliphatic heterocycles. The number of aliphatic hydroxyl groups excluding tert-OH is 1. The predicted octanol–water partition coefficient (Wildman–Crippen LogP) is 8.78. The zero-order chi connectivity index (χ0) is 35.3. The summed E-state index contributed by atoms with van der Waals surface area (Å²) >= 11 is 0. The van der Waals surface area contributed by atoms with Gasteiger partial charge in [0.15, 0.2) is 5.78 Å². The van der Waals surface area contributed by atoms with Gasteiger partial charge in [-0.3, -0.25) is 9.59 Å². The molecule has 9 heteroatoms. The van der Waals surface area contributed by atoms with Crippen LogP contribution in [0.4, 0.5) is 0 Å². The van der Waals surface area contributed by atoms with E-state index in [1.807, 2.05) is 36.4 Å². The largest absolute Gasteiger partial charge is 0.441 e. The van der Waals surface area contributed by atoms with Crippen LogP contribution in [0.3, 0.4) is 0 Å². The van der Waals surface area contributed by atoms with Crippen LogP contribution in [-0.4, -0.2) is 46.0 Å². The monoisotopic (exact) mass is 668 g/mol. The van der Waals surface area contributed by atoms with Crippen LogP contribution in [0.25, 0.3) is 21.8 Å². The Balaban J connectivity index is 1.76. The third-order valence-electron chi connectivity index (χ3n) is 8.65. The molecule has 0 amide bonds. The second-order valence-electron chi connectivity index (χ2n) is 12.3. The van der Waals surface area contributed by atoms with Gasteiger partial charge in [0.2, 0.25) is 5.78 Å². The van der Waals surface area contributed by atoms with Gasteiger partial charge in [-0.05, 0) is 85.8 Å². The van der Waals surface area contributed by atoms with E-state index in [2.05, 4.69) is 37.1 Å². The van der Waals surface area contributed by atoms with Crippen molar-refractivity contribution in [2.45, 2.75) is 92.1 Å². The maximum absolute atomic E-state index is 13.8. The van der Waals surface area contributed by atoms with Crippen LogP contribution >= 0.6 is 0 Å². The van der Waals surface area contributed by atoms with Gasteiger partial charge in [0.25, 0.3) is 0 Å². The molecule has 0 saturated carbocycles. The number of ketones is 2. The van der Waals surface area contributed by atoms with Crippen molar-refractivity contribution in [3.63, 3.8) is 0 Å². The van der Waals surface area contributed by atoms with E-state index in [9.17, 15) is 19.5 Å². The van der Waals surface area contributed by atoms with Crippen molar-refractivity contribution in [2.75, 3.05) is 6.61 Å². The summed E-state index contributed by atoms with van der Waals surface area (Å²) in [5, 5.41) is 15.5. The van der Waals surface area contributed by atoms with Gasteiger partial charge in [0, 0.05) is 52.0 Å². The fourth-order valence-electron chi connectivity index (χ4n) is 5.94. The van der Waals surface area contributed by atoms with E-state index in [0.717, 1.165) is 73.3 Å². The number of carbonyl (C=O) groups excluding carboxylic acids is 3. The number of oxime groups is 1. The summed E-state index contributed by atoms with van der Waals surface area (Å²) in [6.07, 6.45) is 9.00. The number of rotatable bonds is 20. The minimum atomic E-state index is -1.45. The molecule has 0 saturated heterocycles. The Kier molecular flexibility index (Phi) is 13.9. The smallest absolute Gasteiger partial charge is 0.331 e. The molecule has 4 rings (SSSR count). The molecule has 0 aliphatic carbocycles. The number of aliphatic hydroxyl groups is 1. The number of Topliss-reactive ketones (excluding diaryl/α,β-unsaturated/α-hetero) is 1. The molecular formula is C40H48N2O7. The molecule has 4 aromatic rings. The number of ether oxygens (including phenoxy) is 2. The normalized spacial score (nSPS) is 13.0. The fourth-order valence-corrected chi connectivity index (χ4v) is 5.94. The highest BCUT2D eigenvalue weighted by atomic mass is 16.8. The van der Waals surface area contributed by atoms with Crippen molar-refractivity contribution in [1.82, 2.24) is 4.57 Å². The molecule has 0 fully saturated rings. The molecule has 1 aromatic heterocycles. The van der Waals surface area contributed by atoms with Crippen molar-refractivity contribution in [2.24, 2.45) is 11.1 Å². The van der Waals surface area contributed by atoms with Crippen LogP contribution in [0.5, 0.6) is 5.75 Å². The number of benzene rings is 3. The zero-order valence-electron chi connectivity index (χ0n) is 29.1. The van der Waals surface area contributed by atoms with Crippen LogP contribution in [0.1, 0.15) is 105 Å². The van der Waals surface area contributed by atoms with Gasteiger partial charge >= 0.3 is 12.4 Å². The third kappa shape index (κ3) is 9.74. The first kappa shape index (κ1) is 37.2. The quantitative estimate of drug-likeness (QED) is 0.0190. The lowest BCUT2D eigenvalue weighted by Crippen LogP contribution is -2.19. The number of unbranched alkanes of at least 4 members (excludes halogenated alkanes) is 3. The second-order valence-corrected chi connectivity index (χ2v) is 12.3. The topological polar surface area (TPSA) is 116 Å². The SMILES string of the molecule is C=CCOC(O)Oc1ccc(C(=O)c2ccc3c(c2)c2cc(C(=O)/C(CCCCC)=N/OC(C)=O)ccc2n3CC(CC)CCCC)cc1. The minimum absolute atomic E-state index is 0.131. The minimum Gasteiger partial charge on any atom is -0.441 e. The van der Waals surface area contributed by atoms with E-state index in [0.29, 0.717) is 34.8 Å². The van der Waals surface area contributed by atoms with Crippen LogP contribution in [0.2, 0.25) is 0 Å². The van der Waals surface area contributed by atoms with Crippen molar-refractivity contribution >= 4 is 45.1 Å². The standard InChI is InChI=1S/C40H48N2O7/c1-6-10-12-14-35(41-49-27(5)43)39(45)31-18-22-37-34(25-31)33-24-30(17-21-36(33)42(37)26-28(9-4)13-11-7-2)38(44)29-15-19-32(20-16-29)48-40(46)47-23-8-3/h8,15-22,24-25,28,40,46H,3,6-7,9-14,23,26H2,1-2,4-5H3/b41-35+. The molecule has 0 bridgehead atoms. The van der Waals surface area contributed by atoms with E-state index in [1.165, 1.54) is 13.0 Å².